The minimum absolute atomic E-state index is 0.372. The van der Waals surface area contributed by atoms with Crippen LogP contribution < -0.4 is 5.32 Å². The van der Waals surface area contributed by atoms with Crippen molar-refractivity contribution < 1.29 is 20.1 Å². The van der Waals surface area contributed by atoms with E-state index in [1.165, 1.54) is 263 Å². The molecule has 0 radical (unpaired) electrons. The van der Waals surface area contributed by atoms with E-state index in [0.29, 0.717) is 6.42 Å². The van der Waals surface area contributed by atoms with E-state index < -0.39 is 24.2 Å². The summed E-state index contributed by atoms with van der Waals surface area (Å²) in [7, 11) is 0. The summed E-state index contributed by atoms with van der Waals surface area (Å²) in [5.74, 6) is -0.506. The van der Waals surface area contributed by atoms with Gasteiger partial charge in [0.1, 0.15) is 6.10 Å². The maximum atomic E-state index is 12.6. The van der Waals surface area contributed by atoms with Crippen LogP contribution in [0, 0.1) is 0 Å². The Morgan fingerprint density at radius 3 is 0.953 bits per heavy atom. The van der Waals surface area contributed by atoms with Crippen LogP contribution in [0.4, 0.5) is 0 Å². The molecule has 3 unspecified atom stereocenters. The topological polar surface area (TPSA) is 89.8 Å². The molecule has 0 aromatic carbocycles. The molecule has 1 amide bonds. The van der Waals surface area contributed by atoms with Crippen molar-refractivity contribution in [1.29, 1.82) is 0 Å². The van der Waals surface area contributed by atoms with E-state index in [1.54, 1.807) is 6.08 Å². The van der Waals surface area contributed by atoms with Gasteiger partial charge in [-0.2, -0.15) is 0 Å². The molecule has 0 aliphatic rings. The third-order valence-corrected chi connectivity index (χ3v) is 13.8. The van der Waals surface area contributed by atoms with Gasteiger partial charge in [0.25, 0.3) is 0 Å². The predicted molar refractivity (Wildman–Crippen MR) is 282 cm³/mol. The van der Waals surface area contributed by atoms with Crippen molar-refractivity contribution in [1.82, 2.24) is 5.32 Å². The number of nitrogens with one attached hydrogen (secondary N) is 1. The summed E-state index contributed by atoms with van der Waals surface area (Å²) in [6, 6.07) is -0.812. The molecule has 0 bridgehead atoms. The van der Waals surface area contributed by atoms with Crippen LogP contribution in [-0.4, -0.2) is 46.1 Å². The van der Waals surface area contributed by atoms with Crippen LogP contribution >= 0.6 is 0 Å². The molecule has 5 heteroatoms. The first-order chi connectivity index (χ1) is 31.6. The second kappa shape index (κ2) is 54.4. The molecule has 5 nitrogen and oxygen atoms in total. The molecule has 64 heavy (non-hydrogen) atoms. The lowest BCUT2D eigenvalue weighted by Gasteiger charge is -2.21. The Bertz CT molecular complexity index is 951. The van der Waals surface area contributed by atoms with Gasteiger partial charge in [0.15, 0.2) is 0 Å². The molecule has 0 aliphatic heterocycles. The number of aliphatic hydroxyl groups is 3. The van der Waals surface area contributed by atoms with Crippen LogP contribution in [0.5, 0.6) is 0 Å². The number of allylic oxidation sites excluding steroid dienone is 3. The number of amides is 1. The monoisotopic (exact) mass is 902 g/mol. The molecule has 0 aromatic rings. The summed E-state index contributed by atoms with van der Waals surface area (Å²) in [5, 5.41) is 33.4. The highest BCUT2D eigenvalue weighted by Gasteiger charge is 2.22. The highest BCUT2D eigenvalue weighted by atomic mass is 16.3. The van der Waals surface area contributed by atoms with Crippen molar-refractivity contribution in [3.8, 4) is 0 Å². The molecular formula is C59H115NO4. The van der Waals surface area contributed by atoms with Crippen molar-refractivity contribution in [3.05, 3.63) is 24.3 Å². The number of carbonyl (C=O) groups is 1. The third kappa shape index (κ3) is 48.8. The number of aliphatic hydroxyl groups excluding tert-OH is 3. The molecule has 3 atom stereocenters. The van der Waals surface area contributed by atoms with Crippen molar-refractivity contribution in [3.63, 3.8) is 0 Å². The van der Waals surface area contributed by atoms with Crippen LogP contribution in [0.25, 0.3) is 0 Å². The van der Waals surface area contributed by atoms with Crippen LogP contribution in [0.15, 0.2) is 24.3 Å². The molecule has 0 rings (SSSR count). The summed E-state index contributed by atoms with van der Waals surface area (Å²) >= 11 is 0. The number of carbonyl (C=O) groups excluding carboxylic acids is 1. The fourth-order valence-corrected chi connectivity index (χ4v) is 9.26. The fraction of sp³-hybridized carbons (Fsp3) is 0.915. The molecule has 0 saturated heterocycles. The minimum atomic E-state index is -1.10. The van der Waals surface area contributed by atoms with Crippen LogP contribution in [-0.2, 0) is 4.79 Å². The molecule has 0 heterocycles. The molecular weight excluding hydrogens is 787 g/mol. The summed E-state index contributed by atoms with van der Waals surface area (Å²) in [6.07, 6.45) is 69.8. The Labute approximate surface area is 401 Å². The maximum absolute atomic E-state index is 12.6. The van der Waals surface area contributed by atoms with Gasteiger partial charge in [-0.1, -0.05) is 314 Å². The number of hydrogen-bond acceptors (Lipinski definition) is 4. The Balaban J connectivity index is 3.55. The van der Waals surface area contributed by atoms with Crippen molar-refractivity contribution in [2.24, 2.45) is 0 Å². The van der Waals surface area contributed by atoms with E-state index in [1.807, 2.05) is 6.08 Å². The zero-order valence-electron chi connectivity index (χ0n) is 43.4. The van der Waals surface area contributed by atoms with Gasteiger partial charge in [-0.15, -0.1) is 0 Å². The van der Waals surface area contributed by atoms with E-state index in [2.05, 4.69) is 31.3 Å². The quantitative estimate of drug-likeness (QED) is 0.0362. The van der Waals surface area contributed by atoms with Gasteiger partial charge in [0.2, 0.25) is 5.91 Å². The second-order valence-corrected chi connectivity index (χ2v) is 20.2. The first kappa shape index (κ1) is 62.8. The first-order valence-corrected chi connectivity index (χ1v) is 29.2. The normalized spacial score (nSPS) is 13.4. The first-order valence-electron chi connectivity index (χ1n) is 29.2. The Morgan fingerprint density at radius 1 is 0.375 bits per heavy atom. The summed E-state index contributed by atoms with van der Waals surface area (Å²) in [6.45, 7) is 4.21. The lowest BCUT2D eigenvalue weighted by molar-refractivity contribution is -0.131. The number of rotatable bonds is 54. The van der Waals surface area contributed by atoms with Gasteiger partial charge in [0, 0.05) is 0 Å². The van der Waals surface area contributed by atoms with Gasteiger partial charge >= 0.3 is 0 Å². The van der Waals surface area contributed by atoms with E-state index in [0.717, 1.165) is 38.5 Å². The van der Waals surface area contributed by atoms with Gasteiger partial charge in [-0.25, -0.2) is 0 Å². The average Bonchev–Trinajstić information content (AvgIpc) is 3.30. The van der Waals surface area contributed by atoms with Crippen molar-refractivity contribution in [2.75, 3.05) is 6.61 Å². The molecule has 0 saturated carbocycles. The number of unbranched alkanes of at least 4 members (excludes halogenated alkanes) is 44. The molecule has 0 aliphatic carbocycles. The van der Waals surface area contributed by atoms with Crippen LogP contribution in [0.3, 0.4) is 0 Å². The zero-order valence-corrected chi connectivity index (χ0v) is 43.4. The molecule has 4 N–H and O–H groups in total. The average molecular weight is 903 g/mol. The van der Waals surface area contributed by atoms with E-state index in [4.69, 9.17) is 0 Å². The van der Waals surface area contributed by atoms with Crippen LogP contribution in [0.2, 0.25) is 0 Å². The van der Waals surface area contributed by atoms with E-state index in [-0.39, 0.29) is 6.61 Å². The number of hydrogen-bond donors (Lipinski definition) is 4. The summed E-state index contributed by atoms with van der Waals surface area (Å²) in [5.41, 5.74) is 0. The smallest absolute Gasteiger partial charge is 0.249 e. The SMILES string of the molecule is CCCCCCCCCCCCCCCCCC/C=C/CC/C=C/C(O)C(CO)NC(=O)C(O)CCCCCCCCCCCCCCCCCCCCCCCCCCCCCC. The fourth-order valence-electron chi connectivity index (χ4n) is 9.26. The largest absolute Gasteiger partial charge is 0.394 e. The highest BCUT2D eigenvalue weighted by Crippen LogP contribution is 2.18. The summed E-state index contributed by atoms with van der Waals surface area (Å²) in [4.78, 5) is 12.6. The zero-order chi connectivity index (χ0) is 46.5. The standard InChI is InChI=1S/C59H115NO4/c1-3-5-7-9-11-13-15-17-19-21-23-25-27-28-29-30-31-32-34-36-38-40-42-44-46-48-50-52-54-58(63)59(64)60-56(55-61)57(62)53-51-49-47-45-43-41-39-37-35-33-26-24-22-20-18-16-14-12-10-8-6-4-2/h43,45,51,53,56-58,61-63H,3-42,44,46-50,52,54-55H2,1-2H3,(H,60,64)/b45-43+,53-51+. The predicted octanol–water partition coefficient (Wildman–Crippen LogP) is 18.1. The van der Waals surface area contributed by atoms with Crippen molar-refractivity contribution >= 4 is 5.91 Å². The second-order valence-electron chi connectivity index (χ2n) is 20.2. The lowest BCUT2D eigenvalue weighted by Crippen LogP contribution is -2.48. The molecule has 0 aromatic heterocycles. The lowest BCUT2D eigenvalue weighted by atomic mass is 10.0. The minimum Gasteiger partial charge on any atom is -0.394 e. The third-order valence-electron chi connectivity index (χ3n) is 13.8. The van der Waals surface area contributed by atoms with E-state index in [9.17, 15) is 20.1 Å². The maximum Gasteiger partial charge on any atom is 0.249 e. The van der Waals surface area contributed by atoms with Crippen molar-refractivity contribution in [2.45, 2.75) is 340 Å². The molecule has 380 valence electrons. The van der Waals surface area contributed by atoms with E-state index >= 15 is 0 Å². The highest BCUT2D eigenvalue weighted by molar-refractivity contribution is 5.80. The Morgan fingerprint density at radius 2 is 0.641 bits per heavy atom. The Kier molecular flexibility index (Phi) is 53.4. The van der Waals surface area contributed by atoms with Gasteiger partial charge in [-0.3, -0.25) is 4.79 Å². The van der Waals surface area contributed by atoms with Gasteiger partial charge < -0.3 is 20.6 Å². The Hall–Kier alpha value is -1.17. The van der Waals surface area contributed by atoms with Gasteiger partial charge in [-0.05, 0) is 32.1 Å². The molecule has 0 fully saturated rings. The van der Waals surface area contributed by atoms with Gasteiger partial charge in [0.05, 0.1) is 18.8 Å². The molecule has 0 spiro atoms. The van der Waals surface area contributed by atoms with Crippen LogP contribution in [0.1, 0.15) is 322 Å². The summed E-state index contributed by atoms with van der Waals surface area (Å²) < 4.78 is 0.